The van der Waals surface area contributed by atoms with Crippen molar-refractivity contribution < 1.29 is 9.59 Å². The van der Waals surface area contributed by atoms with Gasteiger partial charge in [0.2, 0.25) is 17.8 Å². The summed E-state index contributed by atoms with van der Waals surface area (Å²) < 4.78 is 0. The molecular formula is C21H29N5O2. The highest BCUT2D eigenvalue weighted by molar-refractivity contribution is 5.98. The Morgan fingerprint density at radius 2 is 1.50 bits per heavy atom. The van der Waals surface area contributed by atoms with E-state index in [1.165, 1.54) is 4.90 Å². The number of anilines is 1. The predicted molar refractivity (Wildman–Crippen MR) is 107 cm³/mol. The number of carbonyl (C=O) groups excluding carboxylic acids is 2. The van der Waals surface area contributed by atoms with Crippen molar-refractivity contribution in [2.24, 2.45) is 5.41 Å². The summed E-state index contributed by atoms with van der Waals surface area (Å²) in [6, 6.07) is 1.83. The lowest BCUT2D eigenvalue weighted by Crippen LogP contribution is -2.47. The molecule has 4 rings (SSSR count). The molecule has 28 heavy (non-hydrogen) atoms. The van der Waals surface area contributed by atoms with Gasteiger partial charge < -0.3 is 4.90 Å². The van der Waals surface area contributed by atoms with Crippen molar-refractivity contribution in [1.82, 2.24) is 19.8 Å². The first kappa shape index (κ1) is 19.1. The number of imide groups is 1. The van der Waals surface area contributed by atoms with Crippen LogP contribution in [0.1, 0.15) is 38.5 Å². The molecule has 7 nitrogen and oxygen atoms in total. The molecular weight excluding hydrogens is 354 g/mol. The van der Waals surface area contributed by atoms with Crippen molar-refractivity contribution in [2.75, 3.05) is 44.2 Å². The quantitative estimate of drug-likeness (QED) is 0.571. The van der Waals surface area contributed by atoms with E-state index < -0.39 is 0 Å². The highest BCUT2D eigenvalue weighted by atomic mass is 16.2. The molecule has 0 N–H and O–H groups in total. The Hall–Kier alpha value is -2.28. The molecule has 2 aliphatic heterocycles. The summed E-state index contributed by atoms with van der Waals surface area (Å²) in [6.45, 7) is 4.96. The molecule has 1 aromatic rings. The second-order valence-electron chi connectivity index (χ2n) is 8.27. The van der Waals surface area contributed by atoms with Crippen LogP contribution in [-0.2, 0) is 9.59 Å². The minimum Gasteiger partial charge on any atom is -0.338 e. The lowest BCUT2D eigenvalue weighted by molar-refractivity contribution is -0.152. The molecule has 0 radical (unpaired) electrons. The van der Waals surface area contributed by atoms with E-state index in [1.54, 1.807) is 12.4 Å². The van der Waals surface area contributed by atoms with Crippen molar-refractivity contribution in [1.29, 1.82) is 0 Å². The molecule has 0 unspecified atom stereocenters. The Balaban J connectivity index is 1.21. The molecule has 1 saturated carbocycles. The molecule has 3 aliphatic rings. The summed E-state index contributed by atoms with van der Waals surface area (Å²) in [5, 5.41) is 0. The summed E-state index contributed by atoms with van der Waals surface area (Å²) in [6.07, 6.45) is 13.1. The lowest BCUT2D eigenvalue weighted by Gasteiger charge is -2.37. The van der Waals surface area contributed by atoms with Gasteiger partial charge in [0.25, 0.3) is 0 Å². The highest BCUT2D eigenvalue weighted by Crippen LogP contribution is 2.46. The average molecular weight is 383 g/mol. The van der Waals surface area contributed by atoms with E-state index in [1.807, 2.05) is 12.1 Å². The molecule has 1 aliphatic carbocycles. The van der Waals surface area contributed by atoms with Gasteiger partial charge in [-0.05, 0) is 24.3 Å². The van der Waals surface area contributed by atoms with Crippen molar-refractivity contribution in [3.05, 3.63) is 30.6 Å². The van der Waals surface area contributed by atoms with Gasteiger partial charge in [-0.1, -0.05) is 25.0 Å². The van der Waals surface area contributed by atoms with E-state index in [0.29, 0.717) is 19.4 Å². The monoisotopic (exact) mass is 383 g/mol. The normalized spacial score (nSPS) is 23.3. The Kier molecular flexibility index (Phi) is 5.71. The van der Waals surface area contributed by atoms with Crippen molar-refractivity contribution in [3.63, 3.8) is 0 Å². The van der Waals surface area contributed by atoms with Crippen LogP contribution in [0.4, 0.5) is 5.95 Å². The summed E-state index contributed by atoms with van der Waals surface area (Å²) in [7, 11) is 0. The molecule has 0 bridgehead atoms. The van der Waals surface area contributed by atoms with E-state index in [2.05, 4.69) is 25.8 Å². The molecule has 1 spiro atoms. The fourth-order valence-corrected chi connectivity index (χ4v) is 4.70. The number of hydrogen-bond donors (Lipinski definition) is 0. The van der Waals surface area contributed by atoms with Gasteiger partial charge in [-0.2, -0.15) is 0 Å². The zero-order valence-corrected chi connectivity index (χ0v) is 16.4. The van der Waals surface area contributed by atoms with Crippen molar-refractivity contribution >= 4 is 17.8 Å². The largest absolute Gasteiger partial charge is 0.338 e. The molecule has 7 heteroatoms. The van der Waals surface area contributed by atoms with Gasteiger partial charge in [0.1, 0.15) is 0 Å². The lowest BCUT2D eigenvalue weighted by atomic mass is 9.76. The van der Waals surface area contributed by atoms with Crippen LogP contribution in [0.2, 0.25) is 0 Å². The number of piperidine rings is 1. The van der Waals surface area contributed by atoms with E-state index in [9.17, 15) is 9.59 Å². The SMILES string of the molecule is O=C1CC2(CCCC2)CC(=O)N1C/C=C/CN1CCN(c2ncccn2)CC1. The molecule has 150 valence electrons. The van der Waals surface area contributed by atoms with Crippen LogP contribution in [0.15, 0.2) is 30.6 Å². The maximum Gasteiger partial charge on any atom is 0.230 e. The van der Waals surface area contributed by atoms with Gasteiger partial charge >= 0.3 is 0 Å². The summed E-state index contributed by atoms with van der Waals surface area (Å²) >= 11 is 0. The van der Waals surface area contributed by atoms with Crippen LogP contribution in [0.3, 0.4) is 0 Å². The zero-order valence-electron chi connectivity index (χ0n) is 16.4. The first-order valence-corrected chi connectivity index (χ1v) is 10.4. The molecule has 0 aromatic carbocycles. The Morgan fingerprint density at radius 3 is 2.14 bits per heavy atom. The number of nitrogens with zero attached hydrogens (tertiary/aromatic N) is 5. The number of carbonyl (C=O) groups is 2. The van der Waals surface area contributed by atoms with Gasteiger partial charge in [0, 0.05) is 64.5 Å². The smallest absolute Gasteiger partial charge is 0.230 e. The minimum atomic E-state index is -0.0173. The van der Waals surface area contributed by atoms with Gasteiger partial charge in [-0.25, -0.2) is 9.97 Å². The zero-order chi connectivity index (χ0) is 19.4. The molecule has 0 atom stereocenters. The number of amides is 2. The standard InChI is InChI=1S/C21H29N5O2/c27-18-16-21(6-1-2-7-21)17-19(28)26(18)11-4-3-10-24-12-14-25(15-13-24)20-22-8-5-9-23-20/h3-5,8-9H,1-2,6-7,10-17H2/b4-3+. The van der Waals surface area contributed by atoms with Gasteiger partial charge in [-0.3, -0.25) is 19.4 Å². The Morgan fingerprint density at radius 1 is 0.893 bits per heavy atom. The van der Waals surface area contributed by atoms with E-state index in [0.717, 1.165) is 64.4 Å². The molecule has 2 amide bonds. The van der Waals surface area contributed by atoms with E-state index in [4.69, 9.17) is 0 Å². The van der Waals surface area contributed by atoms with E-state index in [-0.39, 0.29) is 17.2 Å². The number of piperazine rings is 1. The van der Waals surface area contributed by atoms with Gasteiger partial charge in [0.15, 0.2) is 0 Å². The Labute approximate surface area is 166 Å². The van der Waals surface area contributed by atoms with Gasteiger partial charge in [-0.15, -0.1) is 0 Å². The predicted octanol–water partition coefficient (Wildman–Crippen LogP) is 1.86. The summed E-state index contributed by atoms with van der Waals surface area (Å²) in [5.74, 6) is 0.818. The fourth-order valence-electron chi connectivity index (χ4n) is 4.70. The molecule has 1 aromatic heterocycles. The molecule has 3 fully saturated rings. The highest BCUT2D eigenvalue weighted by Gasteiger charge is 2.44. The number of aromatic nitrogens is 2. The second kappa shape index (κ2) is 8.39. The first-order valence-electron chi connectivity index (χ1n) is 10.4. The second-order valence-corrected chi connectivity index (χ2v) is 8.27. The first-order chi connectivity index (χ1) is 13.7. The van der Waals surface area contributed by atoms with Crippen LogP contribution >= 0.6 is 0 Å². The van der Waals surface area contributed by atoms with Crippen molar-refractivity contribution in [2.45, 2.75) is 38.5 Å². The third-order valence-corrected chi connectivity index (χ3v) is 6.34. The fraction of sp³-hybridized carbons (Fsp3) is 0.619. The van der Waals surface area contributed by atoms with Crippen LogP contribution < -0.4 is 4.90 Å². The minimum absolute atomic E-state index is 0.0132. The third kappa shape index (κ3) is 4.24. The number of likely N-dealkylation sites (tertiary alicyclic amines) is 1. The maximum absolute atomic E-state index is 12.5. The van der Waals surface area contributed by atoms with E-state index >= 15 is 0 Å². The summed E-state index contributed by atoms with van der Waals surface area (Å²) in [5.41, 5.74) is -0.0173. The number of hydrogen-bond acceptors (Lipinski definition) is 6. The number of rotatable bonds is 5. The third-order valence-electron chi connectivity index (χ3n) is 6.34. The van der Waals surface area contributed by atoms with Crippen LogP contribution in [0.5, 0.6) is 0 Å². The van der Waals surface area contributed by atoms with Crippen LogP contribution in [-0.4, -0.2) is 70.9 Å². The summed E-state index contributed by atoms with van der Waals surface area (Å²) in [4.78, 5) is 39.6. The molecule has 3 heterocycles. The van der Waals surface area contributed by atoms with Crippen molar-refractivity contribution in [3.8, 4) is 0 Å². The topological polar surface area (TPSA) is 69.6 Å². The molecule has 2 saturated heterocycles. The van der Waals surface area contributed by atoms with Crippen LogP contribution in [0, 0.1) is 5.41 Å². The van der Waals surface area contributed by atoms with Crippen LogP contribution in [0.25, 0.3) is 0 Å². The average Bonchev–Trinajstić information content (AvgIpc) is 3.15. The maximum atomic E-state index is 12.5. The Bertz CT molecular complexity index is 702. The van der Waals surface area contributed by atoms with Gasteiger partial charge in [0.05, 0.1) is 0 Å².